The van der Waals surface area contributed by atoms with E-state index >= 15 is 0 Å². The summed E-state index contributed by atoms with van der Waals surface area (Å²) in [7, 11) is 1.70. The van der Waals surface area contributed by atoms with Crippen LogP contribution < -0.4 is 5.56 Å². The highest BCUT2D eigenvalue weighted by Crippen LogP contribution is 2.23. The Morgan fingerprint density at radius 2 is 2.18 bits per heavy atom. The molecule has 0 spiro atoms. The fourth-order valence-corrected chi connectivity index (χ4v) is 2.83. The normalized spacial score (nSPS) is 15.0. The van der Waals surface area contributed by atoms with Crippen LogP contribution in [-0.2, 0) is 24.9 Å². The monoisotopic (exact) mass is 301 g/mol. The van der Waals surface area contributed by atoms with Crippen LogP contribution in [0.3, 0.4) is 0 Å². The molecule has 2 aromatic heterocycles. The molecule has 3 rings (SSSR count). The first-order valence-electron chi connectivity index (χ1n) is 7.36. The molecule has 3 heterocycles. The second kappa shape index (κ2) is 5.40. The first-order valence-corrected chi connectivity index (χ1v) is 7.36. The molecule has 0 fully saturated rings. The second-order valence-electron chi connectivity index (χ2n) is 5.55. The number of rotatable bonds is 3. The zero-order valence-electron chi connectivity index (χ0n) is 13.0. The van der Waals surface area contributed by atoms with Crippen LogP contribution in [0.4, 0.5) is 0 Å². The zero-order valence-corrected chi connectivity index (χ0v) is 13.0. The van der Waals surface area contributed by atoms with E-state index in [1.54, 1.807) is 42.0 Å². The standard InChI is InChI=1S/C15H19N5O2/c1-4-13(20-7-5-6-16-20)15(22)19-8-11-12(9-19)17-10(2)18(3)14(11)21/h5-7,13H,4,8-9H2,1-3H3/t13-/m0/s1. The minimum Gasteiger partial charge on any atom is -0.330 e. The predicted octanol–water partition coefficient (Wildman–Crippen LogP) is 0.779. The van der Waals surface area contributed by atoms with Gasteiger partial charge in [0.05, 0.1) is 24.3 Å². The SMILES string of the molecule is CC[C@@H](C(=O)N1Cc2nc(C)n(C)c(=O)c2C1)n1cccn1. The maximum atomic E-state index is 12.8. The molecule has 7 nitrogen and oxygen atoms in total. The van der Waals surface area contributed by atoms with E-state index in [1.807, 2.05) is 6.92 Å². The van der Waals surface area contributed by atoms with E-state index in [1.165, 1.54) is 4.57 Å². The Balaban J connectivity index is 1.88. The van der Waals surface area contributed by atoms with Crippen LogP contribution in [0.15, 0.2) is 23.3 Å². The number of carbonyl (C=O) groups excluding carboxylic acids is 1. The van der Waals surface area contributed by atoms with Crippen molar-refractivity contribution < 1.29 is 4.79 Å². The van der Waals surface area contributed by atoms with Crippen molar-refractivity contribution in [2.45, 2.75) is 39.4 Å². The van der Waals surface area contributed by atoms with Gasteiger partial charge in [0.25, 0.3) is 5.56 Å². The van der Waals surface area contributed by atoms with Gasteiger partial charge in [0.2, 0.25) is 5.91 Å². The van der Waals surface area contributed by atoms with Gasteiger partial charge in [0, 0.05) is 19.4 Å². The van der Waals surface area contributed by atoms with E-state index in [0.29, 0.717) is 36.6 Å². The molecule has 0 bridgehead atoms. The average molecular weight is 301 g/mol. The first-order chi connectivity index (χ1) is 10.5. The molecule has 1 amide bonds. The molecule has 0 saturated heterocycles. The Hall–Kier alpha value is -2.44. The number of fused-ring (bicyclic) bond motifs is 1. The van der Waals surface area contributed by atoms with E-state index in [4.69, 9.17) is 0 Å². The van der Waals surface area contributed by atoms with E-state index < -0.39 is 0 Å². The van der Waals surface area contributed by atoms with Crippen molar-refractivity contribution in [1.29, 1.82) is 0 Å². The Labute approximate surface area is 128 Å². The molecule has 0 unspecified atom stereocenters. The van der Waals surface area contributed by atoms with Gasteiger partial charge in [-0.3, -0.25) is 18.8 Å². The van der Waals surface area contributed by atoms with Gasteiger partial charge >= 0.3 is 0 Å². The summed E-state index contributed by atoms with van der Waals surface area (Å²) in [4.78, 5) is 31.2. The van der Waals surface area contributed by atoms with Gasteiger partial charge in [-0.15, -0.1) is 0 Å². The van der Waals surface area contributed by atoms with Crippen LogP contribution in [0.1, 0.15) is 36.5 Å². The predicted molar refractivity (Wildman–Crippen MR) is 80.0 cm³/mol. The molecular formula is C15H19N5O2. The second-order valence-corrected chi connectivity index (χ2v) is 5.55. The van der Waals surface area contributed by atoms with E-state index in [0.717, 1.165) is 0 Å². The fraction of sp³-hybridized carbons (Fsp3) is 0.467. The van der Waals surface area contributed by atoms with Crippen LogP contribution in [0, 0.1) is 6.92 Å². The van der Waals surface area contributed by atoms with Gasteiger partial charge in [-0.25, -0.2) is 4.98 Å². The molecular weight excluding hydrogens is 282 g/mol. The van der Waals surface area contributed by atoms with Crippen LogP contribution >= 0.6 is 0 Å². The number of hydrogen-bond donors (Lipinski definition) is 0. The smallest absolute Gasteiger partial charge is 0.258 e. The first kappa shape index (κ1) is 14.5. The quantitative estimate of drug-likeness (QED) is 0.840. The highest BCUT2D eigenvalue weighted by molar-refractivity contribution is 5.80. The summed E-state index contributed by atoms with van der Waals surface area (Å²) in [5.41, 5.74) is 1.27. The van der Waals surface area contributed by atoms with Crippen LogP contribution in [0.2, 0.25) is 0 Å². The van der Waals surface area contributed by atoms with Crippen molar-refractivity contribution in [2.24, 2.45) is 7.05 Å². The number of hydrogen-bond acceptors (Lipinski definition) is 4. The molecule has 116 valence electrons. The van der Waals surface area contributed by atoms with Crippen molar-refractivity contribution >= 4 is 5.91 Å². The summed E-state index contributed by atoms with van der Waals surface area (Å²) < 4.78 is 3.19. The maximum absolute atomic E-state index is 12.8. The van der Waals surface area contributed by atoms with Crippen LogP contribution in [-0.4, -0.2) is 30.1 Å². The third kappa shape index (κ3) is 2.22. The molecule has 1 aliphatic heterocycles. The molecule has 0 N–H and O–H groups in total. The highest BCUT2D eigenvalue weighted by Gasteiger charge is 2.32. The van der Waals surface area contributed by atoms with E-state index in [9.17, 15) is 9.59 Å². The molecule has 0 aromatic carbocycles. The minimum atomic E-state index is -0.339. The minimum absolute atomic E-state index is 0.0242. The maximum Gasteiger partial charge on any atom is 0.258 e. The summed E-state index contributed by atoms with van der Waals surface area (Å²) in [5, 5.41) is 4.16. The lowest BCUT2D eigenvalue weighted by molar-refractivity contribution is -0.135. The van der Waals surface area contributed by atoms with Gasteiger partial charge in [0.15, 0.2) is 0 Å². The van der Waals surface area contributed by atoms with E-state index in [2.05, 4.69) is 10.1 Å². The van der Waals surface area contributed by atoms with Gasteiger partial charge in [-0.2, -0.15) is 5.10 Å². The van der Waals surface area contributed by atoms with Crippen molar-refractivity contribution in [2.75, 3.05) is 0 Å². The number of carbonyl (C=O) groups is 1. The Kier molecular flexibility index (Phi) is 3.56. The highest BCUT2D eigenvalue weighted by atomic mass is 16.2. The lowest BCUT2D eigenvalue weighted by Crippen LogP contribution is -2.34. The van der Waals surface area contributed by atoms with Crippen LogP contribution in [0.5, 0.6) is 0 Å². The van der Waals surface area contributed by atoms with Crippen molar-refractivity contribution in [3.63, 3.8) is 0 Å². The third-order valence-corrected chi connectivity index (χ3v) is 4.21. The van der Waals surface area contributed by atoms with Crippen molar-refractivity contribution in [3.05, 3.63) is 45.9 Å². The number of aryl methyl sites for hydroxylation is 1. The molecule has 0 aliphatic carbocycles. The molecule has 0 saturated carbocycles. The molecule has 0 radical (unpaired) electrons. The number of nitrogens with zero attached hydrogens (tertiary/aromatic N) is 5. The summed E-state index contributed by atoms with van der Waals surface area (Å²) in [6.07, 6.45) is 4.10. The van der Waals surface area contributed by atoms with E-state index in [-0.39, 0.29) is 17.5 Å². The molecule has 1 aliphatic rings. The molecule has 2 aromatic rings. The van der Waals surface area contributed by atoms with Crippen molar-refractivity contribution in [3.8, 4) is 0 Å². The Morgan fingerprint density at radius 1 is 1.41 bits per heavy atom. The van der Waals surface area contributed by atoms with Gasteiger partial charge < -0.3 is 4.90 Å². The summed E-state index contributed by atoms with van der Waals surface area (Å²) in [6.45, 7) is 4.47. The lowest BCUT2D eigenvalue weighted by Gasteiger charge is -2.22. The van der Waals surface area contributed by atoms with Crippen molar-refractivity contribution in [1.82, 2.24) is 24.2 Å². The zero-order chi connectivity index (χ0) is 15.9. The molecule has 22 heavy (non-hydrogen) atoms. The van der Waals surface area contributed by atoms with Crippen LogP contribution in [0.25, 0.3) is 0 Å². The third-order valence-electron chi connectivity index (χ3n) is 4.21. The van der Waals surface area contributed by atoms with Gasteiger partial charge in [0.1, 0.15) is 11.9 Å². The fourth-order valence-electron chi connectivity index (χ4n) is 2.83. The Morgan fingerprint density at radius 3 is 2.82 bits per heavy atom. The summed E-state index contributed by atoms with van der Waals surface area (Å²) in [6, 6.07) is 1.46. The lowest BCUT2D eigenvalue weighted by atomic mass is 10.2. The summed E-state index contributed by atoms with van der Waals surface area (Å²) >= 11 is 0. The van der Waals surface area contributed by atoms with Gasteiger partial charge in [-0.05, 0) is 19.4 Å². The summed E-state index contributed by atoms with van der Waals surface area (Å²) in [5.74, 6) is 0.640. The Bertz CT molecular complexity index is 763. The topological polar surface area (TPSA) is 73.0 Å². The number of aromatic nitrogens is 4. The number of amides is 1. The average Bonchev–Trinajstić information content (AvgIpc) is 3.15. The van der Waals surface area contributed by atoms with Gasteiger partial charge in [-0.1, -0.05) is 6.92 Å². The molecule has 7 heteroatoms. The molecule has 1 atom stereocenters. The largest absolute Gasteiger partial charge is 0.330 e.